The zero-order valence-electron chi connectivity index (χ0n) is 7.09. The molecule has 0 spiro atoms. The molecule has 0 aliphatic heterocycles. The van der Waals surface area contributed by atoms with Crippen molar-refractivity contribution in [2.24, 2.45) is 0 Å². The fourth-order valence-electron chi connectivity index (χ4n) is 1.31. The van der Waals surface area contributed by atoms with Crippen molar-refractivity contribution in [3.63, 3.8) is 0 Å². The van der Waals surface area contributed by atoms with Crippen LogP contribution in [0.2, 0.25) is 0 Å². The molecule has 1 heterocycles. The molecule has 62 valence electrons. The van der Waals surface area contributed by atoms with Gasteiger partial charge in [-0.05, 0) is 18.6 Å². The zero-order chi connectivity index (χ0) is 8.55. The van der Waals surface area contributed by atoms with E-state index >= 15 is 0 Å². The summed E-state index contributed by atoms with van der Waals surface area (Å²) in [6.45, 7) is 2.03. The first-order valence-electron chi connectivity index (χ1n) is 3.79. The van der Waals surface area contributed by atoms with Crippen LogP contribution in [0.1, 0.15) is 5.56 Å². The highest BCUT2D eigenvalue weighted by Crippen LogP contribution is 2.24. The number of hydrogen-bond donors (Lipinski definition) is 1. The summed E-state index contributed by atoms with van der Waals surface area (Å²) in [6.07, 6.45) is 1.68. The number of aromatic amines is 1. The molecular formula is C9H10N2O. The van der Waals surface area contributed by atoms with Crippen LogP contribution < -0.4 is 4.74 Å². The second kappa shape index (κ2) is 2.52. The van der Waals surface area contributed by atoms with Crippen LogP contribution >= 0.6 is 0 Å². The number of nitrogens with one attached hydrogen (secondary N) is 1. The Hall–Kier alpha value is -1.51. The van der Waals surface area contributed by atoms with E-state index in [0.717, 1.165) is 22.3 Å². The van der Waals surface area contributed by atoms with Gasteiger partial charge in [0.1, 0.15) is 11.3 Å². The molecule has 2 rings (SSSR count). The Bertz CT molecular complexity index is 406. The second-order valence-electron chi connectivity index (χ2n) is 2.71. The number of benzene rings is 1. The van der Waals surface area contributed by atoms with Gasteiger partial charge in [-0.1, -0.05) is 6.07 Å². The molecule has 0 aliphatic rings. The van der Waals surface area contributed by atoms with Crippen molar-refractivity contribution >= 4 is 11.0 Å². The first-order valence-corrected chi connectivity index (χ1v) is 3.79. The molecule has 12 heavy (non-hydrogen) atoms. The second-order valence-corrected chi connectivity index (χ2v) is 2.71. The maximum absolute atomic E-state index is 5.17. The molecule has 1 aromatic carbocycles. The number of aromatic nitrogens is 2. The van der Waals surface area contributed by atoms with E-state index in [4.69, 9.17) is 4.74 Å². The summed E-state index contributed by atoms with van der Waals surface area (Å²) in [4.78, 5) is 7.24. The van der Waals surface area contributed by atoms with E-state index in [-0.39, 0.29) is 0 Å². The first-order chi connectivity index (χ1) is 5.83. The summed E-state index contributed by atoms with van der Waals surface area (Å²) in [5.74, 6) is 0.841. The predicted octanol–water partition coefficient (Wildman–Crippen LogP) is 1.88. The van der Waals surface area contributed by atoms with Crippen molar-refractivity contribution in [3.8, 4) is 5.75 Å². The van der Waals surface area contributed by atoms with Crippen LogP contribution in [0.15, 0.2) is 18.5 Å². The first kappa shape index (κ1) is 7.16. The smallest absolute Gasteiger partial charge is 0.144 e. The van der Waals surface area contributed by atoms with Crippen LogP contribution in [0, 0.1) is 6.92 Å². The van der Waals surface area contributed by atoms with Crippen LogP contribution in [0.25, 0.3) is 11.0 Å². The fourth-order valence-corrected chi connectivity index (χ4v) is 1.31. The van der Waals surface area contributed by atoms with Gasteiger partial charge in [-0.3, -0.25) is 0 Å². The maximum atomic E-state index is 5.17. The topological polar surface area (TPSA) is 37.9 Å². The monoisotopic (exact) mass is 162 g/mol. The third-order valence-electron chi connectivity index (χ3n) is 1.96. The molecule has 1 aromatic heterocycles. The lowest BCUT2D eigenvalue weighted by Gasteiger charge is -2.01. The number of ether oxygens (including phenoxy) is 1. The van der Waals surface area contributed by atoms with Gasteiger partial charge < -0.3 is 9.72 Å². The Morgan fingerprint density at radius 3 is 3.00 bits per heavy atom. The number of fused-ring (bicyclic) bond motifs is 1. The SMILES string of the molecule is COc1ccc(C)c2nc[nH]c12. The van der Waals surface area contributed by atoms with Gasteiger partial charge in [0, 0.05) is 0 Å². The van der Waals surface area contributed by atoms with E-state index in [1.165, 1.54) is 0 Å². The van der Waals surface area contributed by atoms with Crippen LogP contribution in [0.3, 0.4) is 0 Å². The highest BCUT2D eigenvalue weighted by atomic mass is 16.5. The lowest BCUT2D eigenvalue weighted by Crippen LogP contribution is -1.85. The van der Waals surface area contributed by atoms with Crippen LogP contribution in [-0.4, -0.2) is 17.1 Å². The van der Waals surface area contributed by atoms with Gasteiger partial charge in [0.25, 0.3) is 0 Å². The number of nitrogens with zero attached hydrogens (tertiary/aromatic N) is 1. The van der Waals surface area contributed by atoms with Crippen molar-refractivity contribution < 1.29 is 4.74 Å². The number of hydrogen-bond acceptors (Lipinski definition) is 2. The summed E-state index contributed by atoms with van der Waals surface area (Å²) < 4.78 is 5.17. The van der Waals surface area contributed by atoms with Gasteiger partial charge in [0.2, 0.25) is 0 Å². The average molecular weight is 162 g/mol. The van der Waals surface area contributed by atoms with E-state index in [1.54, 1.807) is 13.4 Å². The molecule has 0 saturated heterocycles. The number of rotatable bonds is 1. The van der Waals surface area contributed by atoms with Crippen molar-refractivity contribution in [2.45, 2.75) is 6.92 Å². The Balaban J connectivity index is 2.82. The largest absolute Gasteiger partial charge is 0.494 e. The highest BCUT2D eigenvalue weighted by molar-refractivity contribution is 5.84. The van der Waals surface area contributed by atoms with Crippen molar-refractivity contribution in [1.29, 1.82) is 0 Å². The Labute approximate surface area is 70.4 Å². The minimum absolute atomic E-state index is 0.841. The van der Waals surface area contributed by atoms with E-state index < -0.39 is 0 Å². The molecule has 0 radical (unpaired) electrons. The van der Waals surface area contributed by atoms with Crippen molar-refractivity contribution in [1.82, 2.24) is 9.97 Å². The third kappa shape index (κ3) is 0.863. The average Bonchev–Trinajstić information content (AvgIpc) is 2.54. The van der Waals surface area contributed by atoms with Crippen LogP contribution in [0.5, 0.6) is 5.75 Å². The molecule has 3 nitrogen and oxygen atoms in total. The van der Waals surface area contributed by atoms with Crippen LogP contribution in [-0.2, 0) is 0 Å². The van der Waals surface area contributed by atoms with Gasteiger partial charge in [-0.15, -0.1) is 0 Å². The predicted molar refractivity (Wildman–Crippen MR) is 47.4 cm³/mol. The van der Waals surface area contributed by atoms with Crippen LogP contribution in [0.4, 0.5) is 0 Å². The van der Waals surface area contributed by atoms with Gasteiger partial charge in [0.05, 0.1) is 19.0 Å². The molecule has 2 aromatic rings. The van der Waals surface area contributed by atoms with Crippen molar-refractivity contribution in [2.75, 3.05) is 7.11 Å². The minimum atomic E-state index is 0.841. The zero-order valence-corrected chi connectivity index (χ0v) is 7.09. The van der Waals surface area contributed by atoms with E-state index in [0.29, 0.717) is 0 Å². The molecular weight excluding hydrogens is 152 g/mol. The van der Waals surface area contributed by atoms with Gasteiger partial charge in [-0.25, -0.2) is 4.98 Å². The maximum Gasteiger partial charge on any atom is 0.144 e. The van der Waals surface area contributed by atoms with E-state index in [2.05, 4.69) is 9.97 Å². The molecule has 0 saturated carbocycles. The number of imidazole rings is 1. The summed E-state index contributed by atoms with van der Waals surface area (Å²) in [6, 6.07) is 3.94. The number of methoxy groups -OCH3 is 1. The summed E-state index contributed by atoms with van der Waals surface area (Å²) in [5.41, 5.74) is 3.11. The Kier molecular flexibility index (Phi) is 1.50. The minimum Gasteiger partial charge on any atom is -0.494 e. The lowest BCUT2D eigenvalue weighted by atomic mass is 10.2. The normalized spacial score (nSPS) is 10.5. The van der Waals surface area contributed by atoms with Gasteiger partial charge in [0.15, 0.2) is 0 Å². The quantitative estimate of drug-likeness (QED) is 0.695. The summed E-state index contributed by atoms with van der Waals surface area (Å²) in [7, 11) is 1.66. The van der Waals surface area contributed by atoms with Gasteiger partial charge in [-0.2, -0.15) is 0 Å². The summed E-state index contributed by atoms with van der Waals surface area (Å²) >= 11 is 0. The fraction of sp³-hybridized carbons (Fsp3) is 0.222. The molecule has 1 N–H and O–H groups in total. The number of H-pyrrole nitrogens is 1. The van der Waals surface area contributed by atoms with E-state index in [9.17, 15) is 0 Å². The molecule has 3 heteroatoms. The molecule has 0 amide bonds. The molecule has 0 bridgehead atoms. The molecule has 0 unspecified atom stereocenters. The van der Waals surface area contributed by atoms with E-state index in [1.807, 2.05) is 19.1 Å². The highest BCUT2D eigenvalue weighted by Gasteiger charge is 2.04. The Morgan fingerprint density at radius 1 is 1.42 bits per heavy atom. The van der Waals surface area contributed by atoms with Crippen molar-refractivity contribution in [3.05, 3.63) is 24.0 Å². The molecule has 0 aliphatic carbocycles. The standard InChI is InChI=1S/C9H10N2O/c1-6-3-4-7(12-2)9-8(6)10-5-11-9/h3-5H,1-2H3,(H,10,11). The Morgan fingerprint density at radius 2 is 2.25 bits per heavy atom. The van der Waals surface area contributed by atoms with Gasteiger partial charge >= 0.3 is 0 Å². The lowest BCUT2D eigenvalue weighted by molar-refractivity contribution is 0.419. The summed E-state index contributed by atoms with van der Waals surface area (Å²) in [5, 5.41) is 0. The molecule has 0 fully saturated rings. The number of aryl methyl sites for hydroxylation is 1. The molecule has 0 atom stereocenters. The third-order valence-corrected chi connectivity index (χ3v) is 1.96.